The number of hydrazine groups is 3. The van der Waals surface area contributed by atoms with Gasteiger partial charge in [0.15, 0.2) is 0 Å². The fraction of sp³-hybridized carbons (Fsp3) is 0. The van der Waals surface area contributed by atoms with Gasteiger partial charge in [0.05, 0.1) is 17.1 Å². The van der Waals surface area contributed by atoms with Gasteiger partial charge < -0.3 is 0 Å². The van der Waals surface area contributed by atoms with Crippen molar-refractivity contribution < 1.29 is 18.4 Å². The van der Waals surface area contributed by atoms with Gasteiger partial charge in [0.25, 0.3) is 0 Å². The second kappa shape index (κ2) is 10.7. The van der Waals surface area contributed by atoms with Gasteiger partial charge in [-0.1, -0.05) is 34.8 Å². The molecule has 0 atom stereocenters. The zero-order valence-corrected chi connectivity index (χ0v) is 19.4. The van der Waals surface area contributed by atoms with Crippen molar-refractivity contribution in [1.82, 2.24) is 0 Å². The summed E-state index contributed by atoms with van der Waals surface area (Å²) in [6.45, 7) is 0. The minimum atomic E-state index is -4.62. The number of halogens is 3. The van der Waals surface area contributed by atoms with Crippen molar-refractivity contribution in [1.29, 1.82) is 0 Å². The van der Waals surface area contributed by atoms with E-state index < -0.39 is 7.82 Å². The summed E-state index contributed by atoms with van der Waals surface area (Å²) in [5.74, 6) is 17.6. The molecular formula is C18H18Cl3N6O4P. The Morgan fingerprint density at radius 3 is 0.969 bits per heavy atom. The zero-order valence-electron chi connectivity index (χ0n) is 16.2. The number of phosphoric acid groups is 1. The summed E-state index contributed by atoms with van der Waals surface area (Å²) in [4.78, 5) is 0. The molecule has 0 fully saturated rings. The summed E-state index contributed by atoms with van der Waals surface area (Å²) in [6.07, 6.45) is 0. The first-order valence-electron chi connectivity index (χ1n) is 8.75. The number of anilines is 3. The van der Waals surface area contributed by atoms with Crippen LogP contribution in [0.15, 0.2) is 72.8 Å². The SMILES string of the molecule is NN(OP(=O)(ON(N)c1ccc(Cl)cc1)ON(N)c1ccc(Cl)cc1)c1ccc(Cl)cc1. The van der Waals surface area contributed by atoms with E-state index in [4.69, 9.17) is 66.2 Å². The molecular weight excluding hydrogens is 502 g/mol. The lowest BCUT2D eigenvalue weighted by Gasteiger charge is -2.29. The molecule has 0 aliphatic rings. The molecule has 3 aromatic rings. The molecule has 6 N–H and O–H groups in total. The molecule has 0 radical (unpaired) electrons. The fourth-order valence-electron chi connectivity index (χ4n) is 2.27. The van der Waals surface area contributed by atoms with Gasteiger partial charge in [-0.3, -0.25) is 0 Å². The van der Waals surface area contributed by atoms with Gasteiger partial charge in [0, 0.05) is 15.1 Å². The third-order valence-electron chi connectivity index (χ3n) is 3.81. The Morgan fingerprint density at radius 1 is 0.531 bits per heavy atom. The van der Waals surface area contributed by atoms with Crippen LogP contribution in [0.25, 0.3) is 0 Å². The van der Waals surface area contributed by atoms with Crippen LogP contribution < -0.4 is 33.0 Å². The van der Waals surface area contributed by atoms with Gasteiger partial charge in [0.2, 0.25) is 0 Å². The largest absolute Gasteiger partial charge is 0.543 e. The highest BCUT2D eigenvalue weighted by Crippen LogP contribution is 2.52. The van der Waals surface area contributed by atoms with E-state index in [0.29, 0.717) is 30.6 Å². The van der Waals surface area contributed by atoms with Crippen LogP contribution in [-0.4, -0.2) is 0 Å². The van der Waals surface area contributed by atoms with Crippen molar-refractivity contribution >= 4 is 59.7 Å². The maximum Gasteiger partial charge on any atom is 0.543 e. The van der Waals surface area contributed by atoms with Crippen LogP contribution >= 0.6 is 42.6 Å². The minimum Gasteiger partial charge on any atom is -0.222 e. The highest BCUT2D eigenvalue weighted by atomic mass is 35.5. The molecule has 3 rings (SSSR count). The Hall–Kier alpha value is -2.08. The van der Waals surface area contributed by atoms with Crippen LogP contribution in [0.5, 0.6) is 0 Å². The number of hydrogen-bond acceptors (Lipinski definition) is 10. The topological polar surface area (TPSA) is 133 Å². The number of benzene rings is 3. The summed E-state index contributed by atoms with van der Waals surface area (Å²) in [6, 6.07) is 18.4. The molecule has 0 aromatic heterocycles. The summed E-state index contributed by atoms with van der Waals surface area (Å²) >= 11 is 17.6. The summed E-state index contributed by atoms with van der Waals surface area (Å²) in [5.41, 5.74) is 0.853. The predicted molar refractivity (Wildman–Crippen MR) is 125 cm³/mol. The lowest BCUT2D eigenvalue weighted by molar-refractivity contribution is 0.0860. The van der Waals surface area contributed by atoms with Gasteiger partial charge in [0.1, 0.15) is 0 Å². The summed E-state index contributed by atoms with van der Waals surface area (Å²) in [7, 11) is -4.62. The average molecular weight is 520 g/mol. The lowest BCUT2D eigenvalue weighted by atomic mass is 10.3. The van der Waals surface area contributed by atoms with Crippen molar-refractivity contribution in [3.05, 3.63) is 87.9 Å². The third kappa shape index (κ3) is 6.71. The quantitative estimate of drug-likeness (QED) is 0.202. The molecule has 170 valence electrons. The Bertz CT molecular complexity index is 939. The maximum absolute atomic E-state index is 13.5. The molecule has 14 heteroatoms. The maximum atomic E-state index is 13.5. The summed E-state index contributed by atoms with van der Waals surface area (Å²) in [5, 5.41) is 3.40. The van der Waals surface area contributed by atoms with Gasteiger partial charge in [-0.25, -0.2) is 22.1 Å². The molecule has 0 saturated heterocycles. The van der Waals surface area contributed by atoms with Crippen molar-refractivity contribution in [2.75, 3.05) is 15.5 Å². The zero-order chi connectivity index (χ0) is 23.3. The van der Waals surface area contributed by atoms with Crippen LogP contribution in [0.2, 0.25) is 15.1 Å². The Morgan fingerprint density at radius 2 is 0.750 bits per heavy atom. The van der Waals surface area contributed by atoms with Crippen LogP contribution in [-0.2, 0) is 18.4 Å². The second-order valence-electron chi connectivity index (χ2n) is 6.10. The van der Waals surface area contributed by atoms with Crippen LogP contribution in [0.4, 0.5) is 17.1 Å². The molecule has 0 amide bonds. The number of rotatable bonds is 9. The molecule has 0 aliphatic carbocycles. The van der Waals surface area contributed by atoms with E-state index >= 15 is 0 Å². The molecule has 3 aromatic carbocycles. The first-order chi connectivity index (χ1) is 15.1. The highest BCUT2D eigenvalue weighted by molar-refractivity contribution is 7.48. The Kier molecular flexibility index (Phi) is 8.21. The molecule has 0 saturated carbocycles. The lowest BCUT2D eigenvalue weighted by Crippen LogP contribution is -2.38. The first-order valence-corrected chi connectivity index (χ1v) is 11.3. The molecule has 0 heterocycles. The standard InChI is InChI=1S/C18H18Cl3N6O4P/c19-13-1-7-16(8-2-13)25(22)29-32(28,30-26(23)17-9-3-14(20)4-10-17)31-27(24)18-11-5-15(21)6-12-18/h1-12H,22-24H2. The van der Waals surface area contributed by atoms with Crippen LogP contribution in [0, 0.1) is 0 Å². The van der Waals surface area contributed by atoms with Crippen molar-refractivity contribution in [3.63, 3.8) is 0 Å². The molecule has 0 spiro atoms. The van der Waals surface area contributed by atoms with E-state index in [1.54, 1.807) is 36.4 Å². The van der Waals surface area contributed by atoms with Crippen molar-refractivity contribution in [3.8, 4) is 0 Å². The molecule has 10 nitrogen and oxygen atoms in total. The van der Waals surface area contributed by atoms with E-state index in [1.165, 1.54) is 36.4 Å². The molecule has 0 unspecified atom stereocenters. The second-order valence-corrected chi connectivity index (χ2v) is 8.79. The van der Waals surface area contributed by atoms with E-state index in [0.717, 1.165) is 0 Å². The van der Waals surface area contributed by atoms with Gasteiger partial charge >= 0.3 is 7.82 Å². The Balaban J connectivity index is 1.84. The van der Waals surface area contributed by atoms with Crippen LogP contribution in [0.3, 0.4) is 0 Å². The highest BCUT2D eigenvalue weighted by Gasteiger charge is 2.37. The fourth-order valence-corrected chi connectivity index (χ4v) is 3.67. The molecule has 0 bridgehead atoms. The molecule has 0 aliphatic heterocycles. The molecule has 32 heavy (non-hydrogen) atoms. The van der Waals surface area contributed by atoms with Crippen molar-refractivity contribution in [2.24, 2.45) is 17.5 Å². The van der Waals surface area contributed by atoms with Gasteiger partial charge in [-0.05, 0) is 72.8 Å². The van der Waals surface area contributed by atoms with E-state index in [9.17, 15) is 4.57 Å². The monoisotopic (exact) mass is 518 g/mol. The first kappa shape index (κ1) is 24.6. The van der Waals surface area contributed by atoms with E-state index in [1.807, 2.05) is 0 Å². The van der Waals surface area contributed by atoms with E-state index in [-0.39, 0.29) is 17.1 Å². The third-order valence-corrected chi connectivity index (χ3v) is 5.69. The summed E-state index contributed by atoms with van der Waals surface area (Å²) < 4.78 is 29.3. The van der Waals surface area contributed by atoms with E-state index in [2.05, 4.69) is 0 Å². The number of nitrogens with zero attached hydrogens (tertiary/aromatic N) is 3. The van der Waals surface area contributed by atoms with Gasteiger partial charge in [-0.2, -0.15) is 15.5 Å². The smallest absolute Gasteiger partial charge is 0.222 e. The predicted octanol–water partition coefficient (Wildman–Crippen LogP) is 4.99. The minimum absolute atomic E-state index is 0.284. The Labute approximate surface area is 198 Å². The van der Waals surface area contributed by atoms with Crippen molar-refractivity contribution in [2.45, 2.75) is 0 Å². The van der Waals surface area contributed by atoms with Gasteiger partial charge in [-0.15, -0.1) is 13.9 Å². The number of hydrogen-bond donors (Lipinski definition) is 3. The average Bonchev–Trinajstić information content (AvgIpc) is 2.74. The number of nitrogens with two attached hydrogens (primary N) is 3. The van der Waals surface area contributed by atoms with Crippen LogP contribution in [0.1, 0.15) is 0 Å². The normalized spacial score (nSPS) is 11.3.